The van der Waals surface area contributed by atoms with Gasteiger partial charge in [-0.15, -0.1) is 0 Å². The number of aryl methyl sites for hydroxylation is 2. The number of carbonyl (C=O) groups excluding carboxylic acids is 1. The summed E-state index contributed by atoms with van der Waals surface area (Å²) in [5.74, 6) is -0.222. The van der Waals surface area contributed by atoms with Crippen molar-refractivity contribution in [1.29, 1.82) is 0 Å². The van der Waals surface area contributed by atoms with E-state index in [4.69, 9.17) is 5.73 Å². The molecule has 1 atom stereocenters. The summed E-state index contributed by atoms with van der Waals surface area (Å²) in [6.07, 6.45) is 0. The Bertz CT molecular complexity index is 623. The van der Waals surface area contributed by atoms with Crippen LogP contribution in [-0.4, -0.2) is 5.91 Å². The largest absolute Gasteiger partial charge is 0.323 e. The van der Waals surface area contributed by atoms with Crippen molar-refractivity contribution in [2.24, 2.45) is 5.73 Å². The molecule has 4 heteroatoms. The highest BCUT2D eigenvalue weighted by Gasteiger charge is 2.16. The molecule has 0 aliphatic carbocycles. The van der Waals surface area contributed by atoms with Crippen LogP contribution in [0.15, 0.2) is 46.9 Å². The van der Waals surface area contributed by atoms with Gasteiger partial charge in [0, 0.05) is 4.47 Å². The Morgan fingerprint density at radius 3 is 2.45 bits per heavy atom. The van der Waals surface area contributed by atoms with Crippen LogP contribution in [0.4, 0.5) is 5.69 Å². The van der Waals surface area contributed by atoms with Gasteiger partial charge < -0.3 is 11.1 Å². The number of nitrogens with one attached hydrogen (secondary N) is 1. The number of nitrogens with two attached hydrogens (primary N) is 1. The lowest BCUT2D eigenvalue weighted by Crippen LogP contribution is -2.27. The van der Waals surface area contributed by atoms with E-state index >= 15 is 0 Å². The van der Waals surface area contributed by atoms with Crippen LogP contribution < -0.4 is 11.1 Å². The summed E-state index contributed by atoms with van der Waals surface area (Å²) >= 11 is 3.47. The van der Waals surface area contributed by atoms with E-state index in [0.717, 1.165) is 26.9 Å². The monoisotopic (exact) mass is 332 g/mol. The van der Waals surface area contributed by atoms with E-state index in [1.54, 1.807) is 0 Å². The average molecular weight is 333 g/mol. The molecular weight excluding hydrogens is 316 g/mol. The fourth-order valence-corrected chi connectivity index (χ4v) is 2.24. The number of anilines is 1. The summed E-state index contributed by atoms with van der Waals surface area (Å²) in [7, 11) is 0. The van der Waals surface area contributed by atoms with Crippen molar-refractivity contribution in [3.63, 3.8) is 0 Å². The standard InChI is InChI=1S/C16H17BrN2O/c1-10-6-8-12(9-7-10)15(18)16(20)19-13-5-3-4-11(2)14(13)17/h3-9,15H,18H2,1-2H3,(H,19,20). The molecule has 1 amide bonds. The minimum atomic E-state index is -0.678. The minimum Gasteiger partial charge on any atom is -0.323 e. The van der Waals surface area contributed by atoms with Crippen molar-refractivity contribution >= 4 is 27.5 Å². The maximum Gasteiger partial charge on any atom is 0.245 e. The van der Waals surface area contributed by atoms with Crippen molar-refractivity contribution in [1.82, 2.24) is 0 Å². The molecule has 3 nitrogen and oxygen atoms in total. The first-order chi connectivity index (χ1) is 9.49. The molecule has 2 rings (SSSR count). The predicted molar refractivity (Wildman–Crippen MR) is 85.6 cm³/mol. The third-order valence-corrected chi connectivity index (χ3v) is 4.22. The molecule has 0 aromatic heterocycles. The van der Waals surface area contributed by atoms with Gasteiger partial charge >= 0.3 is 0 Å². The molecule has 0 aliphatic rings. The Morgan fingerprint density at radius 1 is 1.15 bits per heavy atom. The smallest absolute Gasteiger partial charge is 0.245 e. The molecule has 104 valence electrons. The topological polar surface area (TPSA) is 55.1 Å². The van der Waals surface area contributed by atoms with Gasteiger partial charge in [-0.1, -0.05) is 42.0 Å². The van der Waals surface area contributed by atoms with E-state index in [-0.39, 0.29) is 5.91 Å². The van der Waals surface area contributed by atoms with Gasteiger partial charge in [-0.05, 0) is 47.0 Å². The quantitative estimate of drug-likeness (QED) is 0.900. The van der Waals surface area contributed by atoms with E-state index < -0.39 is 6.04 Å². The molecule has 0 saturated heterocycles. The molecule has 0 aliphatic heterocycles. The third kappa shape index (κ3) is 3.26. The summed E-state index contributed by atoms with van der Waals surface area (Å²) < 4.78 is 0.879. The molecule has 3 N–H and O–H groups in total. The predicted octanol–water partition coefficient (Wildman–Crippen LogP) is 3.70. The SMILES string of the molecule is Cc1ccc(C(N)C(=O)Nc2cccc(C)c2Br)cc1. The Hall–Kier alpha value is -1.65. The average Bonchev–Trinajstić information content (AvgIpc) is 2.44. The van der Waals surface area contributed by atoms with Crippen LogP contribution >= 0.6 is 15.9 Å². The third-order valence-electron chi connectivity index (χ3n) is 3.17. The van der Waals surface area contributed by atoms with Crippen molar-refractivity contribution in [2.75, 3.05) is 5.32 Å². The molecular formula is C16H17BrN2O. The molecule has 0 bridgehead atoms. The number of carbonyl (C=O) groups is 1. The second-order valence-electron chi connectivity index (χ2n) is 4.81. The first kappa shape index (κ1) is 14.8. The van der Waals surface area contributed by atoms with Crippen LogP contribution in [0.1, 0.15) is 22.7 Å². The number of halogens is 1. The van der Waals surface area contributed by atoms with Gasteiger partial charge in [-0.25, -0.2) is 0 Å². The lowest BCUT2D eigenvalue weighted by atomic mass is 10.1. The highest BCUT2D eigenvalue weighted by Crippen LogP contribution is 2.26. The highest BCUT2D eigenvalue weighted by molar-refractivity contribution is 9.10. The van der Waals surface area contributed by atoms with E-state index in [1.165, 1.54) is 0 Å². The van der Waals surface area contributed by atoms with Crippen molar-refractivity contribution in [3.8, 4) is 0 Å². The molecule has 0 heterocycles. The fourth-order valence-electron chi connectivity index (χ4n) is 1.88. The lowest BCUT2D eigenvalue weighted by Gasteiger charge is -2.14. The van der Waals surface area contributed by atoms with Gasteiger partial charge in [0.15, 0.2) is 0 Å². The Kier molecular flexibility index (Phi) is 4.57. The van der Waals surface area contributed by atoms with Gasteiger partial charge in [0.1, 0.15) is 6.04 Å². The molecule has 0 radical (unpaired) electrons. The number of hydrogen-bond acceptors (Lipinski definition) is 2. The highest BCUT2D eigenvalue weighted by atomic mass is 79.9. The molecule has 0 saturated carbocycles. The van der Waals surface area contributed by atoms with E-state index in [2.05, 4.69) is 21.2 Å². The molecule has 2 aromatic rings. The Morgan fingerprint density at radius 2 is 1.80 bits per heavy atom. The van der Waals surface area contributed by atoms with Crippen molar-refractivity contribution in [2.45, 2.75) is 19.9 Å². The molecule has 0 spiro atoms. The molecule has 1 unspecified atom stereocenters. The fraction of sp³-hybridized carbons (Fsp3) is 0.188. The maximum atomic E-state index is 12.2. The van der Waals surface area contributed by atoms with Crippen LogP contribution in [0.5, 0.6) is 0 Å². The lowest BCUT2D eigenvalue weighted by molar-refractivity contribution is -0.117. The van der Waals surface area contributed by atoms with Crippen LogP contribution in [0.2, 0.25) is 0 Å². The van der Waals surface area contributed by atoms with Gasteiger partial charge in [0.25, 0.3) is 0 Å². The zero-order valence-corrected chi connectivity index (χ0v) is 13.1. The maximum absolute atomic E-state index is 12.2. The van der Waals surface area contributed by atoms with Crippen LogP contribution in [0.3, 0.4) is 0 Å². The summed E-state index contributed by atoms with van der Waals surface area (Å²) in [6.45, 7) is 3.97. The van der Waals surface area contributed by atoms with Gasteiger partial charge in [0.2, 0.25) is 5.91 Å². The molecule has 2 aromatic carbocycles. The van der Waals surface area contributed by atoms with Crippen molar-refractivity contribution in [3.05, 3.63) is 63.6 Å². The van der Waals surface area contributed by atoms with Gasteiger partial charge in [-0.3, -0.25) is 4.79 Å². The van der Waals surface area contributed by atoms with Crippen LogP contribution in [0.25, 0.3) is 0 Å². The summed E-state index contributed by atoms with van der Waals surface area (Å²) in [5, 5.41) is 2.85. The Balaban J connectivity index is 2.15. The van der Waals surface area contributed by atoms with E-state index in [1.807, 2.05) is 56.3 Å². The van der Waals surface area contributed by atoms with Crippen molar-refractivity contribution < 1.29 is 4.79 Å². The second-order valence-corrected chi connectivity index (χ2v) is 5.61. The van der Waals surface area contributed by atoms with E-state index in [9.17, 15) is 4.79 Å². The summed E-state index contributed by atoms with van der Waals surface area (Å²) in [5.41, 5.74) is 9.74. The molecule has 20 heavy (non-hydrogen) atoms. The number of rotatable bonds is 3. The number of benzene rings is 2. The van der Waals surface area contributed by atoms with Gasteiger partial charge in [0.05, 0.1) is 5.69 Å². The first-order valence-electron chi connectivity index (χ1n) is 6.37. The number of hydrogen-bond donors (Lipinski definition) is 2. The minimum absolute atomic E-state index is 0.222. The van der Waals surface area contributed by atoms with Gasteiger partial charge in [-0.2, -0.15) is 0 Å². The van der Waals surface area contributed by atoms with E-state index in [0.29, 0.717) is 0 Å². The second kappa shape index (κ2) is 6.20. The molecule has 0 fully saturated rings. The number of amides is 1. The first-order valence-corrected chi connectivity index (χ1v) is 7.16. The zero-order valence-electron chi connectivity index (χ0n) is 11.5. The summed E-state index contributed by atoms with van der Waals surface area (Å²) in [4.78, 5) is 12.2. The van der Waals surface area contributed by atoms with Crippen LogP contribution in [0, 0.1) is 13.8 Å². The Labute approximate surface area is 127 Å². The normalized spacial score (nSPS) is 12.0. The van der Waals surface area contributed by atoms with Crippen LogP contribution in [-0.2, 0) is 4.79 Å². The zero-order chi connectivity index (χ0) is 14.7. The summed E-state index contributed by atoms with van der Waals surface area (Å²) in [6, 6.07) is 12.7.